The van der Waals surface area contributed by atoms with Gasteiger partial charge in [0.1, 0.15) is 12.2 Å². The lowest BCUT2D eigenvalue weighted by atomic mass is 9.78. The number of alkyl halides is 3. The third kappa shape index (κ3) is 3.59. The van der Waals surface area contributed by atoms with Crippen molar-refractivity contribution in [3.8, 4) is 0 Å². The van der Waals surface area contributed by atoms with E-state index >= 15 is 0 Å². The topological polar surface area (TPSA) is 78.9 Å². The first-order valence-corrected chi connectivity index (χ1v) is 9.42. The molecule has 158 valence electrons. The molecule has 3 rings (SSSR count). The van der Waals surface area contributed by atoms with E-state index in [9.17, 15) is 27.6 Å². The van der Waals surface area contributed by atoms with E-state index in [-0.39, 0.29) is 5.92 Å². The number of ether oxygens (including phenoxy) is 3. The summed E-state index contributed by atoms with van der Waals surface area (Å²) in [6.45, 7) is 5.01. The Labute approximate surface area is 161 Å². The molecule has 2 saturated carbocycles. The Morgan fingerprint density at radius 1 is 1.21 bits per heavy atom. The zero-order valence-electron chi connectivity index (χ0n) is 16.2. The van der Waals surface area contributed by atoms with Gasteiger partial charge in [0.05, 0.1) is 23.9 Å². The van der Waals surface area contributed by atoms with Crippen molar-refractivity contribution in [2.24, 2.45) is 29.1 Å². The molecule has 0 N–H and O–H groups in total. The van der Waals surface area contributed by atoms with Gasteiger partial charge < -0.3 is 14.2 Å². The van der Waals surface area contributed by atoms with Crippen molar-refractivity contribution < 1.29 is 41.8 Å². The Morgan fingerprint density at radius 2 is 1.86 bits per heavy atom. The predicted molar refractivity (Wildman–Crippen MR) is 88.9 cm³/mol. The van der Waals surface area contributed by atoms with Crippen molar-refractivity contribution in [2.45, 2.75) is 64.8 Å². The highest BCUT2D eigenvalue weighted by Gasteiger charge is 2.70. The predicted octanol–water partition coefficient (Wildman–Crippen LogP) is 2.68. The maximum absolute atomic E-state index is 13.3. The molecule has 1 aliphatic heterocycles. The maximum atomic E-state index is 13.3. The van der Waals surface area contributed by atoms with E-state index in [4.69, 9.17) is 14.2 Å². The van der Waals surface area contributed by atoms with Crippen molar-refractivity contribution in [1.82, 2.24) is 0 Å². The second-order valence-corrected chi connectivity index (χ2v) is 9.02. The molecule has 0 aromatic carbocycles. The molecular weight excluding hydrogens is 381 g/mol. The van der Waals surface area contributed by atoms with E-state index in [0.717, 1.165) is 0 Å². The number of carbonyl (C=O) groups is 3. The van der Waals surface area contributed by atoms with Crippen LogP contribution in [0.1, 0.15) is 40.5 Å². The van der Waals surface area contributed by atoms with Gasteiger partial charge in [0, 0.05) is 25.2 Å². The number of fused-ring (bicyclic) bond motifs is 1. The molecule has 0 aromatic heterocycles. The first kappa shape index (κ1) is 20.9. The quantitative estimate of drug-likeness (QED) is 0.499. The van der Waals surface area contributed by atoms with E-state index in [1.54, 1.807) is 20.8 Å². The van der Waals surface area contributed by atoms with E-state index in [1.807, 2.05) is 0 Å². The standard InChI is InChI=1S/C19H25F3O6/c1-18(2,3)17(25)28-14-8-7-9-12(16(24)27-13(9)14)11(8)15(23)26-6-5-10(20)19(4,21)22/h8-14H,5-7H2,1-4H3. The molecule has 1 heterocycles. The van der Waals surface area contributed by atoms with Crippen molar-refractivity contribution in [3.05, 3.63) is 0 Å². The average molecular weight is 406 g/mol. The fourth-order valence-corrected chi connectivity index (χ4v) is 4.38. The zero-order chi connectivity index (χ0) is 21.0. The van der Waals surface area contributed by atoms with Crippen molar-refractivity contribution in [1.29, 1.82) is 0 Å². The summed E-state index contributed by atoms with van der Waals surface area (Å²) in [7, 11) is 0. The fourth-order valence-electron chi connectivity index (χ4n) is 4.38. The molecule has 28 heavy (non-hydrogen) atoms. The summed E-state index contributed by atoms with van der Waals surface area (Å²) in [5.41, 5.74) is -0.763. The van der Waals surface area contributed by atoms with Gasteiger partial charge in [-0.05, 0) is 27.2 Å². The molecule has 0 radical (unpaired) electrons. The summed E-state index contributed by atoms with van der Waals surface area (Å²) >= 11 is 0. The first-order valence-electron chi connectivity index (χ1n) is 9.42. The molecule has 2 bridgehead atoms. The second kappa shape index (κ2) is 6.91. The maximum Gasteiger partial charge on any atom is 0.311 e. The molecule has 3 aliphatic rings. The number of hydrogen-bond acceptors (Lipinski definition) is 6. The fraction of sp³-hybridized carbons (Fsp3) is 0.842. The summed E-state index contributed by atoms with van der Waals surface area (Å²) in [4.78, 5) is 37.0. The largest absolute Gasteiger partial charge is 0.465 e. The van der Waals surface area contributed by atoms with Crippen LogP contribution >= 0.6 is 0 Å². The van der Waals surface area contributed by atoms with Gasteiger partial charge in [-0.2, -0.15) is 0 Å². The normalized spacial score (nSPS) is 34.9. The van der Waals surface area contributed by atoms with Gasteiger partial charge in [0.25, 0.3) is 5.92 Å². The van der Waals surface area contributed by atoms with E-state index in [0.29, 0.717) is 13.3 Å². The van der Waals surface area contributed by atoms with Crippen LogP contribution in [0.5, 0.6) is 0 Å². The van der Waals surface area contributed by atoms with Crippen LogP contribution in [0.4, 0.5) is 13.2 Å². The molecule has 0 spiro atoms. The van der Waals surface area contributed by atoms with Crippen molar-refractivity contribution in [3.63, 3.8) is 0 Å². The number of halogens is 3. The molecule has 1 saturated heterocycles. The van der Waals surface area contributed by atoms with Crippen LogP contribution in [0.3, 0.4) is 0 Å². The Bertz CT molecular complexity index is 668. The van der Waals surface area contributed by atoms with Crippen LogP contribution in [0.25, 0.3) is 0 Å². The third-order valence-electron chi connectivity index (χ3n) is 5.84. The molecule has 0 amide bonds. The number of hydrogen-bond donors (Lipinski definition) is 0. The molecule has 6 nitrogen and oxygen atoms in total. The van der Waals surface area contributed by atoms with Crippen LogP contribution in [-0.4, -0.2) is 48.8 Å². The van der Waals surface area contributed by atoms with Crippen LogP contribution in [0.2, 0.25) is 0 Å². The molecule has 7 atom stereocenters. The lowest BCUT2D eigenvalue weighted by molar-refractivity contribution is -0.173. The minimum atomic E-state index is -3.52. The highest BCUT2D eigenvalue weighted by molar-refractivity contribution is 5.86. The van der Waals surface area contributed by atoms with E-state index in [2.05, 4.69) is 0 Å². The van der Waals surface area contributed by atoms with Crippen LogP contribution in [0.15, 0.2) is 0 Å². The molecular formula is C19H25F3O6. The Balaban J connectivity index is 1.67. The lowest BCUT2D eigenvalue weighted by Crippen LogP contribution is -2.45. The molecule has 0 aromatic rings. The molecule has 2 aliphatic carbocycles. The monoisotopic (exact) mass is 406 g/mol. The zero-order valence-corrected chi connectivity index (χ0v) is 16.2. The summed E-state index contributed by atoms with van der Waals surface area (Å²) in [6, 6.07) is 0. The van der Waals surface area contributed by atoms with Crippen LogP contribution in [0, 0.1) is 29.1 Å². The van der Waals surface area contributed by atoms with Gasteiger partial charge in [0.2, 0.25) is 0 Å². The molecule has 3 fully saturated rings. The Morgan fingerprint density at radius 3 is 2.43 bits per heavy atom. The first-order chi connectivity index (χ1) is 12.8. The average Bonchev–Trinajstić information content (AvgIpc) is 3.16. The lowest BCUT2D eigenvalue weighted by Gasteiger charge is -2.32. The number of rotatable bonds is 6. The van der Waals surface area contributed by atoms with Crippen molar-refractivity contribution in [2.75, 3.05) is 6.61 Å². The summed E-state index contributed by atoms with van der Waals surface area (Å²) in [5.74, 6) is -7.57. The van der Waals surface area contributed by atoms with Gasteiger partial charge in [-0.1, -0.05) is 0 Å². The van der Waals surface area contributed by atoms with Crippen LogP contribution in [-0.2, 0) is 28.6 Å². The third-order valence-corrected chi connectivity index (χ3v) is 5.84. The van der Waals surface area contributed by atoms with Crippen LogP contribution < -0.4 is 0 Å². The summed E-state index contributed by atoms with van der Waals surface area (Å²) in [5, 5.41) is 0. The van der Waals surface area contributed by atoms with Gasteiger partial charge in [-0.3, -0.25) is 14.4 Å². The summed E-state index contributed by atoms with van der Waals surface area (Å²) < 4.78 is 55.0. The number of esters is 3. The van der Waals surface area contributed by atoms with Gasteiger partial charge in [-0.25, -0.2) is 13.2 Å². The SMILES string of the molecule is CC(C)(C)C(=O)OC1C2CC3C1OC(=O)C3C2C(=O)OCCC(F)C(C)(F)F. The Hall–Kier alpha value is -1.80. The van der Waals surface area contributed by atoms with Gasteiger partial charge in [0.15, 0.2) is 6.17 Å². The second-order valence-electron chi connectivity index (χ2n) is 9.02. The molecule has 9 heteroatoms. The highest BCUT2D eigenvalue weighted by Crippen LogP contribution is 2.59. The van der Waals surface area contributed by atoms with Gasteiger partial charge in [-0.15, -0.1) is 0 Å². The van der Waals surface area contributed by atoms with E-state index in [1.165, 1.54) is 0 Å². The minimum Gasteiger partial charge on any atom is -0.465 e. The summed E-state index contributed by atoms with van der Waals surface area (Å²) in [6.07, 6.45) is -3.92. The number of carbonyl (C=O) groups excluding carboxylic acids is 3. The van der Waals surface area contributed by atoms with Gasteiger partial charge >= 0.3 is 17.9 Å². The minimum absolute atomic E-state index is 0.248. The van der Waals surface area contributed by atoms with Crippen molar-refractivity contribution >= 4 is 17.9 Å². The molecule has 7 unspecified atom stereocenters. The Kier molecular flexibility index (Phi) is 5.17. The smallest absolute Gasteiger partial charge is 0.311 e. The highest BCUT2D eigenvalue weighted by atomic mass is 19.3. The van der Waals surface area contributed by atoms with E-state index < -0.39 is 78.4 Å².